The van der Waals surface area contributed by atoms with E-state index < -0.39 is 0 Å². The molecule has 0 saturated carbocycles. The molecule has 0 aromatic heterocycles. The number of hydrogen-bond acceptors (Lipinski definition) is 0. The zero-order valence-corrected chi connectivity index (χ0v) is 37.1. The standard InChI is InChI=1S/C68H40/c1-3-19-43(20-4-1)63-61-39-45-37-59-53-27-13-11-25-51(53)52-26-12-14-28-54(52)60(59)38-46(45)40-62(61)67-64(44-21-5-2-6-22-44)65(57-31-15-29-49-47-23-9-7-17-41(47)33-35-55(49)57)66(68(63)67)58-32-16-30-50-48-24-10-8-18-42(48)34-36-56(50)58/h1-40H. The number of fused-ring (bicyclic) bond motifs is 16. The van der Waals surface area contributed by atoms with Crippen LogP contribution in [0.2, 0.25) is 0 Å². The summed E-state index contributed by atoms with van der Waals surface area (Å²) in [6.07, 6.45) is 0. The molecule has 13 aromatic carbocycles. The molecule has 0 nitrogen and oxygen atoms in total. The van der Waals surface area contributed by atoms with Crippen molar-refractivity contribution in [2.24, 2.45) is 0 Å². The van der Waals surface area contributed by atoms with E-state index in [4.69, 9.17) is 0 Å². The number of hydrogen-bond donors (Lipinski definition) is 0. The first-order valence-corrected chi connectivity index (χ1v) is 23.7. The van der Waals surface area contributed by atoms with Crippen LogP contribution in [-0.2, 0) is 0 Å². The summed E-state index contributed by atoms with van der Waals surface area (Å²) in [6, 6.07) is 91.2. The fourth-order valence-corrected chi connectivity index (χ4v) is 12.2. The molecule has 0 heteroatoms. The lowest BCUT2D eigenvalue weighted by atomic mass is 9.83. The zero-order valence-electron chi connectivity index (χ0n) is 37.1. The molecule has 0 fully saturated rings. The third kappa shape index (κ3) is 5.26. The van der Waals surface area contributed by atoms with Crippen LogP contribution < -0.4 is 0 Å². The van der Waals surface area contributed by atoms with Crippen molar-refractivity contribution in [1.82, 2.24) is 0 Å². The van der Waals surface area contributed by atoms with Gasteiger partial charge in [-0.15, -0.1) is 0 Å². The molecule has 0 spiro atoms. The fraction of sp³-hybridized carbons (Fsp3) is 0. The van der Waals surface area contributed by atoms with Crippen molar-refractivity contribution < 1.29 is 0 Å². The minimum absolute atomic E-state index is 1.21. The van der Waals surface area contributed by atoms with Gasteiger partial charge in [0.15, 0.2) is 0 Å². The van der Waals surface area contributed by atoms with Crippen LogP contribution in [0.3, 0.4) is 0 Å². The van der Waals surface area contributed by atoms with Crippen LogP contribution in [0.4, 0.5) is 0 Å². The van der Waals surface area contributed by atoms with E-state index in [0.717, 1.165) is 0 Å². The Labute approximate surface area is 393 Å². The molecule has 2 aliphatic rings. The van der Waals surface area contributed by atoms with Gasteiger partial charge in [-0.05, 0) is 177 Å². The summed E-state index contributed by atoms with van der Waals surface area (Å²) >= 11 is 0. The van der Waals surface area contributed by atoms with E-state index in [9.17, 15) is 0 Å². The van der Waals surface area contributed by atoms with Crippen molar-refractivity contribution in [1.29, 1.82) is 0 Å². The van der Waals surface area contributed by atoms with Crippen molar-refractivity contribution in [3.05, 3.63) is 282 Å². The average molecular weight is 857 g/mol. The van der Waals surface area contributed by atoms with Crippen LogP contribution in [-0.4, -0.2) is 0 Å². The van der Waals surface area contributed by atoms with Crippen molar-refractivity contribution >= 4 is 114 Å². The maximum Gasteiger partial charge on any atom is -0.000115 e. The quantitative estimate of drug-likeness (QED) is 0.122. The second-order valence-corrected chi connectivity index (χ2v) is 18.6. The summed E-state index contributed by atoms with van der Waals surface area (Å²) in [5, 5.41) is 20.3. The van der Waals surface area contributed by atoms with Crippen LogP contribution in [0.5, 0.6) is 0 Å². The van der Waals surface area contributed by atoms with Crippen LogP contribution in [0.15, 0.2) is 248 Å². The molecule has 0 unspecified atom stereocenters. The molecule has 0 saturated heterocycles. The molecule has 312 valence electrons. The average Bonchev–Trinajstić information content (AvgIpc) is 3.91. The number of rotatable bonds is 4. The Bertz CT molecular complexity index is 4450. The highest BCUT2D eigenvalue weighted by Gasteiger charge is 2.41. The van der Waals surface area contributed by atoms with Gasteiger partial charge in [0.05, 0.1) is 0 Å². The lowest BCUT2D eigenvalue weighted by Gasteiger charge is -2.20. The zero-order chi connectivity index (χ0) is 44.5. The van der Waals surface area contributed by atoms with Crippen molar-refractivity contribution in [3.8, 4) is 0 Å². The molecule has 0 heterocycles. The minimum Gasteiger partial charge on any atom is -0.0622 e. The maximum absolute atomic E-state index is 2.52. The molecule has 2 aliphatic carbocycles. The summed E-state index contributed by atoms with van der Waals surface area (Å²) in [4.78, 5) is 0. The molecular formula is C68H40. The molecule has 0 amide bonds. The van der Waals surface area contributed by atoms with Gasteiger partial charge in [0.25, 0.3) is 0 Å². The van der Waals surface area contributed by atoms with Crippen LogP contribution in [0.1, 0.15) is 33.4 Å². The topological polar surface area (TPSA) is 0 Å². The molecule has 0 radical (unpaired) electrons. The van der Waals surface area contributed by atoms with E-state index in [2.05, 4.69) is 243 Å². The number of benzene rings is 13. The van der Waals surface area contributed by atoms with Gasteiger partial charge in [0.1, 0.15) is 0 Å². The highest BCUT2D eigenvalue weighted by Crippen LogP contribution is 2.63. The van der Waals surface area contributed by atoms with Gasteiger partial charge in [0.2, 0.25) is 0 Å². The fourth-order valence-electron chi connectivity index (χ4n) is 12.2. The number of allylic oxidation sites excluding steroid dienone is 5. The normalized spacial score (nSPS) is 13.7. The minimum atomic E-state index is 1.21. The van der Waals surface area contributed by atoms with E-state index >= 15 is 0 Å². The molecule has 0 atom stereocenters. The van der Waals surface area contributed by atoms with Gasteiger partial charge in [-0.3, -0.25) is 0 Å². The van der Waals surface area contributed by atoms with Gasteiger partial charge in [-0.2, -0.15) is 0 Å². The Morgan fingerprint density at radius 1 is 0.147 bits per heavy atom. The van der Waals surface area contributed by atoms with Crippen molar-refractivity contribution in [2.45, 2.75) is 0 Å². The van der Waals surface area contributed by atoms with Crippen molar-refractivity contribution in [3.63, 3.8) is 0 Å². The second kappa shape index (κ2) is 14.3. The second-order valence-electron chi connectivity index (χ2n) is 18.6. The van der Waals surface area contributed by atoms with E-state index in [0.29, 0.717) is 0 Å². The van der Waals surface area contributed by atoms with Gasteiger partial charge < -0.3 is 0 Å². The first-order chi connectivity index (χ1) is 33.8. The Kier molecular flexibility index (Phi) is 7.88. The molecule has 68 heavy (non-hydrogen) atoms. The predicted octanol–water partition coefficient (Wildman–Crippen LogP) is 18.3. The first-order valence-electron chi connectivity index (χ1n) is 23.7. The van der Waals surface area contributed by atoms with Crippen LogP contribution in [0, 0.1) is 0 Å². The van der Waals surface area contributed by atoms with E-state index in [1.165, 1.54) is 153 Å². The predicted molar refractivity (Wildman–Crippen MR) is 292 cm³/mol. The van der Waals surface area contributed by atoms with E-state index in [-0.39, 0.29) is 0 Å². The summed E-state index contributed by atoms with van der Waals surface area (Å²) in [6.45, 7) is 0. The third-order valence-corrected chi connectivity index (χ3v) is 15.1. The SMILES string of the molecule is c1ccc(C2=C3C(=C(c4ccccc4)c4cc5cc6c7ccccc7c7ccccc7c6cc5cc43)C(c3cccc4c3ccc3ccccc34)=C2c2cccc3c2ccc2ccccc23)cc1. The lowest BCUT2D eigenvalue weighted by molar-refractivity contribution is 1.57. The third-order valence-electron chi connectivity index (χ3n) is 15.1. The lowest BCUT2D eigenvalue weighted by Crippen LogP contribution is -1.97. The van der Waals surface area contributed by atoms with Crippen LogP contribution >= 0.6 is 0 Å². The summed E-state index contributed by atoms with van der Waals surface area (Å²) < 4.78 is 0. The van der Waals surface area contributed by atoms with E-state index in [1.54, 1.807) is 0 Å². The van der Waals surface area contributed by atoms with Crippen LogP contribution in [0.25, 0.3) is 114 Å². The van der Waals surface area contributed by atoms with Gasteiger partial charge in [-0.25, -0.2) is 0 Å². The Morgan fingerprint density at radius 3 is 1.00 bits per heavy atom. The van der Waals surface area contributed by atoms with Gasteiger partial charge in [-0.1, -0.05) is 218 Å². The summed E-state index contributed by atoms with van der Waals surface area (Å²) in [5.74, 6) is 0. The Hall–Kier alpha value is -8.84. The maximum atomic E-state index is 2.52. The first kappa shape index (κ1) is 37.4. The van der Waals surface area contributed by atoms with E-state index in [1.807, 2.05) is 0 Å². The monoisotopic (exact) mass is 856 g/mol. The Morgan fingerprint density at radius 2 is 0.500 bits per heavy atom. The molecule has 0 N–H and O–H groups in total. The highest BCUT2D eigenvalue weighted by atomic mass is 14.4. The summed E-state index contributed by atoms with van der Waals surface area (Å²) in [5.41, 5.74) is 15.2. The van der Waals surface area contributed by atoms with Gasteiger partial charge >= 0.3 is 0 Å². The smallest absolute Gasteiger partial charge is 0.000115 e. The molecular weight excluding hydrogens is 817 g/mol. The molecule has 0 aliphatic heterocycles. The molecule has 15 rings (SSSR count). The summed E-state index contributed by atoms with van der Waals surface area (Å²) in [7, 11) is 0. The van der Waals surface area contributed by atoms with Gasteiger partial charge in [0, 0.05) is 0 Å². The molecule has 13 aromatic rings. The van der Waals surface area contributed by atoms with Crippen molar-refractivity contribution in [2.75, 3.05) is 0 Å². The molecule has 0 bridgehead atoms. The largest absolute Gasteiger partial charge is 0.0622 e. The highest BCUT2D eigenvalue weighted by molar-refractivity contribution is 6.42. The Balaban J connectivity index is 1.14.